The van der Waals surface area contributed by atoms with Crippen LogP contribution in [0.4, 0.5) is 21.8 Å². The summed E-state index contributed by atoms with van der Waals surface area (Å²) in [5.41, 5.74) is 0.661. The second-order valence-electron chi connectivity index (χ2n) is 6.77. The Kier molecular flexibility index (Phi) is 5.04. The number of hydrogen-bond donors (Lipinski definition) is 0. The molecule has 2 aromatic rings. The van der Waals surface area contributed by atoms with E-state index in [1.165, 1.54) is 6.07 Å². The van der Waals surface area contributed by atoms with Crippen LogP contribution < -0.4 is 14.7 Å². The Labute approximate surface area is 158 Å². The first-order chi connectivity index (χ1) is 13.2. The number of nitrogens with zero attached hydrogens (tertiary/aromatic N) is 6. The lowest BCUT2D eigenvalue weighted by Gasteiger charge is -2.37. The van der Waals surface area contributed by atoms with E-state index in [-0.39, 0.29) is 5.82 Å². The zero-order valence-electron chi connectivity index (χ0n) is 15.2. The molecular weight excluding hydrogens is 347 g/mol. The molecular formula is C19H23FN6O. The highest BCUT2D eigenvalue weighted by atomic mass is 19.1. The van der Waals surface area contributed by atoms with E-state index >= 15 is 0 Å². The van der Waals surface area contributed by atoms with E-state index in [9.17, 15) is 9.18 Å². The lowest BCUT2D eigenvalue weighted by molar-refractivity contribution is -0.118. The zero-order valence-corrected chi connectivity index (χ0v) is 15.2. The van der Waals surface area contributed by atoms with Gasteiger partial charge in [-0.05, 0) is 18.2 Å². The number of amides is 1. The molecule has 2 fully saturated rings. The maximum absolute atomic E-state index is 14.0. The Morgan fingerprint density at radius 3 is 2.22 bits per heavy atom. The van der Waals surface area contributed by atoms with Crippen LogP contribution >= 0.6 is 0 Å². The first-order valence-corrected chi connectivity index (χ1v) is 9.26. The van der Waals surface area contributed by atoms with Gasteiger partial charge in [0.05, 0.1) is 5.69 Å². The molecule has 0 aliphatic carbocycles. The zero-order chi connectivity index (χ0) is 18.6. The fraction of sp³-hybridized carbons (Fsp3) is 0.421. The molecule has 8 heteroatoms. The highest BCUT2D eigenvalue weighted by molar-refractivity contribution is 5.52. The molecule has 0 spiro atoms. The Morgan fingerprint density at radius 2 is 1.52 bits per heavy atom. The van der Waals surface area contributed by atoms with Gasteiger partial charge in [0.25, 0.3) is 0 Å². The molecule has 0 bridgehead atoms. The first kappa shape index (κ1) is 17.5. The predicted octanol–water partition coefficient (Wildman–Crippen LogP) is 1.22. The summed E-state index contributed by atoms with van der Waals surface area (Å²) >= 11 is 0. The number of halogens is 1. The van der Waals surface area contributed by atoms with E-state index in [0.717, 1.165) is 51.5 Å². The van der Waals surface area contributed by atoms with Crippen molar-refractivity contribution in [1.82, 2.24) is 14.9 Å². The SMILES string of the molecule is O=CN1CCN(c2nccc(N3CCN(c4ccccc4F)CC3)n2)CC1. The van der Waals surface area contributed by atoms with Crippen molar-refractivity contribution in [2.45, 2.75) is 0 Å². The fourth-order valence-electron chi connectivity index (χ4n) is 3.58. The molecule has 0 radical (unpaired) electrons. The lowest BCUT2D eigenvalue weighted by Crippen LogP contribution is -2.48. The van der Waals surface area contributed by atoms with E-state index in [4.69, 9.17) is 4.98 Å². The van der Waals surface area contributed by atoms with Crippen molar-refractivity contribution in [1.29, 1.82) is 0 Å². The Morgan fingerprint density at radius 1 is 0.852 bits per heavy atom. The lowest BCUT2D eigenvalue weighted by atomic mass is 10.2. The molecule has 0 N–H and O–H groups in total. The monoisotopic (exact) mass is 370 g/mol. The van der Waals surface area contributed by atoms with Gasteiger partial charge in [0.2, 0.25) is 12.4 Å². The molecule has 2 aliphatic rings. The van der Waals surface area contributed by atoms with Crippen molar-refractivity contribution >= 4 is 23.9 Å². The average Bonchev–Trinajstić information content (AvgIpc) is 2.74. The number of rotatable bonds is 4. The Balaban J connectivity index is 1.40. The maximum atomic E-state index is 14.0. The minimum absolute atomic E-state index is 0.176. The van der Waals surface area contributed by atoms with Gasteiger partial charge in [-0.1, -0.05) is 12.1 Å². The van der Waals surface area contributed by atoms with Gasteiger partial charge in [0.15, 0.2) is 0 Å². The van der Waals surface area contributed by atoms with Crippen molar-refractivity contribution in [2.24, 2.45) is 0 Å². The summed E-state index contributed by atoms with van der Waals surface area (Å²) in [7, 11) is 0. The summed E-state index contributed by atoms with van der Waals surface area (Å²) in [6.45, 7) is 5.92. The van der Waals surface area contributed by atoms with Gasteiger partial charge in [-0.2, -0.15) is 4.98 Å². The second kappa shape index (κ2) is 7.77. The molecule has 4 rings (SSSR count). The van der Waals surface area contributed by atoms with Gasteiger partial charge in [0.1, 0.15) is 11.6 Å². The Bertz CT molecular complexity index is 787. The van der Waals surface area contributed by atoms with Crippen LogP contribution in [0.15, 0.2) is 36.5 Å². The van der Waals surface area contributed by atoms with Crippen LogP contribution in [0.25, 0.3) is 0 Å². The van der Waals surface area contributed by atoms with Crippen molar-refractivity contribution < 1.29 is 9.18 Å². The summed E-state index contributed by atoms with van der Waals surface area (Å²) < 4.78 is 14.0. The molecule has 7 nitrogen and oxygen atoms in total. The van der Waals surface area contributed by atoms with E-state index in [2.05, 4.69) is 19.7 Å². The van der Waals surface area contributed by atoms with Crippen LogP contribution in [-0.2, 0) is 4.79 Å². The van der Waals surface area contributed by atoms with E-state index in [1.54, 1.807) is 17.2 Å². The summed E-state index contributed by atoms with van der Waals surface area (Å²) in [6, 6.07) is 8.83. The third kappa shape index (κ3) is 3.79. The molecule has 142 valence electrons. The van der Waals surface area contributed by atoms with Gasteiger partial charge in [-0.15, -0.1) is 0 Å². The highest BCUT2D eigenvalue weighted by Gasteiger charge is 2.22. The number of carbonyl (C=O) groups is 1. The topological polar surface area (TPSA) is 55.8 Å². The maximum Gasteiger partial charge on any atom is 0.227 e. The van der Waals surface area contributed by atoms with Crippen LogP contribution in [-0.4, -0.2) is 73.6 Å². The summed E-state index contributed by atoms with van der Waals surface area (Å²) in [5, 5.41) is 0. The largest absolute Gasteiger partial charge is 0.366 e. The molecule has 3 heterocycles. The van der Waals surface area contributed by atoms with E-state index in [1.807, 2.05) is 18.2 Å². The molecule has 2 saturated heterocycles. The Hall–Kier alpha value is -2.90. The minimum atomic E-state index is -0.176. The van der Waals surface area contributed by atoms with Crippen molar-refractivity contribution in [2.75, 3.05) is 67.1 Å². The highest BCUT2D eigenvalue weighted by Crippen LogP contribution is 2.23. The van der Waals surface area contributed by atoms with Crippen LogP contribution in [0.2, 0.25) is 0 Å². The predicted molar refractivity (Wildman–Crippen MR) is 103 cm³/mol. The number of para-hydroxylation sites is 1. The normalized spacial score (nSPS) is 18.0. The van der Waals surface area contributed by atoms with Crippen molar-refractivity contribution in [3.63, 3.8) is 0 Å². The number of anilines is 3. The van der Waals surface area contributed by atoms with Gasteiger partial charge < -0.3 is 19.6 Å². The molecule has 1 amide bonds. The van der Waals surface area contributed by atoms with E-state index in [0.29, 0.717) is 24.7 Å². The van der Waals surface area contributed by atoms with Crippen molar-refractivity contribution in [3.05, 3.63) is 42.3 Å². The summed E-state index contributed by atoms with van der Waals surface area (Å²) in [5.74, 6) is 1.42. The summed E-state index contributed by atoms with van der Waals surface area (Å²) in [6.07, 6.45) is 2.68. The second-order valence-corrected chi connectivity index (χ2v) is 6.77. The average molecular weight is 370 g/mol. The van der Waals surface area contributed by atoms with Crippen LogP contribution in [0.1, 0.15) is 0 Å². The number of hydrogen-bond acceptors (Lipinski definition) is 6. The smallest absolute Gasteiger partial charge is 0.227 e. The molecule has 0 saturated carbocycles. The molecule has 1 aromatic carbocycles. The third-order valence-corrected chi connectivity index (χ3v) is 5.17. The summed E-state index contributed by atoms with van der Waals surface area (Å²) in [4.78, 5) is 28.2. The first-order valence-electron chi connectivity index (χ1n) is 9.26. The number of piperazine rings is 2. The standard InChI is InChI=1S/C19H23FN6O/c20-16-3-1-2-4-17(16)24-11-13-25(14-12-24)18-5-6-21-19(22-18)26-9-7-23(15-27)8-10-26/h1-6,15H,7-14H2. The molecule has 2 aliphatic heterocycles. The van der Waals surface area contributed by atoms with Gasteiger partial charge in [-0.25, -0.2) is 9.37 Å². The number of carbonyl (C=O) groups excluding carboxylic acids is 1. The number of benzene rings is 1. The van der Waals surface area contributed by atoms with Gasteiger partial charge >= 0.3 is 0 Å². The number of aromatic nitrogens is 2. The van der Waals surface area contributed by atoms with Crippen molar-refractivity contribution in [3.8, 4) is 0 Å². The van der Waals surface area contributed by atoms with Crippen LogP contribution in [0.3, 0.4) is 0 Å². The van der Waals surface area contributed by atoms with Crippen LogP contribution in [0.5, 0.6) is 0 Å². The molecule has 0 atom stereocenters. The fourth-order valence-corrected chi connectivity index (χ4v) is 3.58. The molecule has 0 unspecified atom stereocenters. The van der Waals surface area contributed by atoms with Gasteiger partial charge in [0, 0.05) is 58.6 Å². The minimum Gasteiger partial charge on any atom is -0.366 e. The molecule has 1 aromatic heterocycles. The van der Waals surface area contributed by atoms with Gasteiger partial charge in [-0.3, -0.25) is 4.79 Å². The van der Waals surface area contributed by atoms with Crippen LogP contribution in [0, 0.1) is 5.82 Å². The quantitative estimate of drug-likeness (QED) is 0.755. The third-order valence-electron chi connectivity index (χ3n) is 5.17. The molecule has 27 heavy (non-hydrogen) atoms. The van der Waals surface area contributed by atoms with E-state index < -0.39 is 0 Å².